The highest BCUT2D eigenvalue weighted by Crippen LogP contribution is 2.30. The minimum absolute atomic E-state index is 0.239. The lowest BCUT2D eigenvalue weighted by molar-refractivity contribution is 0.0996. The van der Waals surface area contributed by atoms with Gasteiger partial charge in [-0.1, -0.05) is 0 Å². The van der Waals surface area contributed by atoms with Crippen molar-refractivity contribution in [3.63, 3.8) is 0 Å². The zero-order chi connectivity index (χ0) is 20.2. The van der Waals surface area contributed by atoms with Gasteiger partial charge in [-0.15, -0.1) is 0 Å². The second-order valence-corrected chi connectivity index (χ2v) is 7.10. The maximum atomic E-state index is 12.9. The first-order chi connectivity index (χ1) is 14.1. The second-order valence-electron chi connectivity index (χ2n) is 7.10. The van der Waals surface area contributed by atoms with Crippen LogP contribution in [0, 0.1) is 0 Å². The van der Waals surface area contributed by atoms with Gasteiger partial charge in [0.05, 0.1) is 17.1 Å². The average molecular weight is 389 g/mol. The van der Waals surface area contributed by atoms with Crippen molar-refractivity contribution in [3.8, 4) is 5.69 Å². The Bertz CT molecular complexity index is 1010. The molecule has 1 aliphatic rings. The van der Waals surface area contributed by atoms with Gasteiger partial charge < -0.3 is 16.0 Å². The topological polar surface area (TPSA) is 93.3 Å². The first-order valence-electron chi connectivity index (χ1n) is 9.72. The van der Waals surface area contributed by atoms with Gasteiger partial charge in [0, 0.05) is 36.6 Å². The standard InChI is InChI=1S/C22H23N5O2/c23-21(28)17-7-10-20(26-12-2-1-3-13-26)19(15-17)25-22(29)16-5-8-18(9-6-16)27-14-4-11-24-27/h4-11,14-15H,1-3,12-13H2,(H2,23,28)(H,25,29). The predicted octanol–water partition coefficient (Wildman–Crippen LogP) is 3.21. The SMILES string of the molecule is NC(=O)c1ccc(N2CCCCC2)c(NC(=O)c2ccc(-n3cccn3)cc2)c1. The molecule has 0 saturated carbocycles. The van der Waals surface area contributed by atoms with Crippen LogP contribution in [0.15, 0.2) is 60.9 Å². The summed E-state index contributed by atoms with van der Waals surface area (Å²) in [5.74, 6) is -0.758. The van der Waals surface area contributed by atoms with Crippen LogP contribution in [0.5, 0.6) is 0 Å². The third-order valence-electron chi connectivity index (χ3n) is 5.12. The molecule has 1 aliphatic heterocycles. The normalized spacial score (nSPS) is 13.9. The van der Waals surface area contributed by atoms with Crippen molar-refractivity contribution in [1.29, 1.82) is 0 Å². The molecule has 148 valence electrons. The van der Waals surface area contributed by atoms with Crippen molar-refractivity contribution in [3.05, 3.63) is 72.1 Å². The highest BCUT2D eigenvalue weighted by atomic mass is 16.2. The first-order valence-corrected chi connectivity index (χ1v) is 9.72. The van der Waals surface area contributed by atoms with Crippen molar-refractivity contribution in [2.45, 2.75) is 19.3 Å². The summed E-state index contributed by atoms with van der Waals surface area (Å²) in [5.41, 5.74) is 8.72. The van der Waals surface area contributed by atoms with Crippen LogP contribution in [0.3, 0.4) is 0 Å². The highest BCUT2D eigenvalue weighted by molar-refractivity contribution is 6.07. The largest absolute Gasteiger partial charge is 0.370 e. The Balaban J connectivity index is 1.59. The number of piperidine rings is 1. The number of aromatic nitrogens is 2. The molecular formula is C22H23N5O2. The molecule has 29 heavy (non-hydrogen) atoms. The van der Waals surface area contributed by atoms with E-state index in [2.05, 4.69) is 15.3 Å². The fraction of sp³-hybridized carbons (Fsp3) is 0.227. The van der Waals surface area contributed by atoms with Gasteiger partial charge in [0.25, 0.3) is 5.91 Å². The molecule has 3 aromatic rings. The van der Waals surface area contributed by atoms with Gasteiger partial charge in [-0.25, -0.2) is 4.68 Å². The molecule has 7 heteroatoms. The molecule has 0 unspecified atom stereocenters. The number of rotatable bonds is 5. The lowest BCUT2D eigenvalue weighted by atomic mass is 10.1. The van der Waals surface area contributed by atoms with Crippen LogP contribution in [0.2, 0.25) is 0 Å². The lowest BCUT2D eigenvalue weighted by Gasteiger charge is -2.30. The number of hydrogen-bond donors (Lipinski definition) is 2. The van der Waals surface area contributed by atoms with Crippen molar-refractivity contribution < 1.29 is 9.59 Å². The molecule has 3 N–H and O–H groups in total. The zero-order valence-electron chi connectivity index (χ0n) is 16.0. The molecule has 0 bridgehead atoms. The van der Waals surface area contributed by atoms with Crippen LogP contribution in [-0.2, 0) is 0 Å². The van der Waals surface area contributed by atoms with Gasteiger partial charge in [0.15, 0.2) is 0 Å². The quantitative estimate of drug-likeness (QED) is 0.701. The van der Waals surface area contributed by atoms with E-state index in [1.807, 2.05) is 30.5 Å². The Morgan fingerprint density at radius 3 is 2.34 bits per heavy atom. The molecule has 0 atom stereocenters. The smallest absolute Gasteiger partial charge is 0.255 e. The van der Waals surface area contributed by atoms with E-state index in [1.165, 1.54) is 6.42 Å². The highest BCUT2D eigenvalue weighted by Gasteiger charge is 2.18. The summed E-state index contributed by atoms with van der Waals surface area (Å²) in [4.78, 5) is 26.7. The summed E-state index contributed by atoms with van der Waals surface area (Å²) >= 11 is 0. The Hall–Kier alpha value is -3.61. The third-order valence-corrected chi connectivity index (χ3v) is 5.12. The van der Waals surface area contributed by atoms with Crippen LogP contribution in [0.1, 0.15) is 40.0 Å². The Morgan fingerprint density at radius 2 is 1.69 bits per heavy atom. The molecule has 1 fully saturated rings. The summed E-state index contributed by atoms with van der Waals surface area (Å²) in [6.07, 6.45) is 6.98. The van der Waals surface area contributed by atoms with E-state index in [0.29, 0.717) is 16.8 Å². The number of carbonyl (C=O) groups excluding carboxylic acids is 2. The van der Waals surface area contributed by atoms with Gasteiger partial charge in [-0.2, -0.15) is 5.10 Å². The summed E-state index contributed by atoms with van der Waals surface area (Å²) in [7, 11) is 0. The van der Waals surface area contributed by atoms with Crippen molar-refractivity contribution >= 4 is 23.2 Å². The van der Waals surface area contributed by atoms with Gasteiger partial charge in [-0.05, 0) is 67.8 Å². The number of benzene rings is 2. The van der Waals surface area contributed by atoms with Gasteiger partial charge in [0.2, 0.25) is 5.91 Å². The summed E-state index contributed by atoms with van der Waals surface area (Å²) in [6, 6.07) is 14.3. The monoisotopic (exact) mass is 389 g/mol. The van der Waals surface area contributed by atoms with Crippen LogP contribution in [-0.4, -0.2) is 34.7 Å². The van der Waals surface area contributed by atoms with E-state index in [9.17, 15) is 9.59 Å². The lowest BCUT2D eigenvalue weighted by Crippen LogP contribution is -2.30. The molecule has 7 nitrogen and oxygen atoms in total. The fourth-order valence-electron chi connectivity index (χ4n) is 3.58. The van der Waals surface area contributed by atoms with E-state index in [0.717, 1.165) is 37.3 Å². The maximum absolute atomic E-state index is 12.9. The van der Waals surface area contributed by atoms with Crippen LogP contribution in [0.25, 0.3) is 5.69 Å². The van der Waals surface area contributed by atoms with Crippen molar-refractivity contribution in [2.24, 2.45) is 5.73 Å². The number of nitrogens with two attached hydrogens (primary N) is 1. The number of nitrogens with zero attached hydrogens (tertiary/aromatic N) is 3. The fourth-order valence-corrected chi connectivity index (χ4v) is 3.58. The molecule has 2 heterocycles. The molecule has 2 amide bonds. The molecule has 2 aromatic carbocycles. The molecule has 0 spiro atoms. The Kier molecular flexibility index (Phi) is 5.29. The summed E-state index contributed by atoms with van der Waals surface area (Å²) in [5, 5.41) is 7.15. The molecule has 1 saturated heterocycles. The Labute approximate surface area is 169 Å². The first kappa shape index (κ1) is 18.7. The minimum atomic E-state index is -0.519. The maximum Gasteiger partial charge on any atom is 0.255 e. The van der Waals surface area contributed by atoms with Crippen LogP contribution < -0.4 is 16.0 Å². The molecular weight excluding hydrogens is 366 g/mol. The van der Waals surface area contributed by atoms with E-state index in [-0.39, 0.29) is 5.91 Å². The Morgan fingerprint density at radius 1 is 0.966 bits per heavy atom. The van der Waals surface area contributed by atoms with Gasteiger partial charge >= 0.3 is 0 Å². The van der Waals surface area contributed by atoms with E-state index < -0.39 is 5.91 Å². The predicted molar refractivity (Wildman–Crippen MR) is 113 cm³/mol. The number of primary amides is 1. The van der Waals surface area contributed by atoms with Crippen molar-refractivity contribution in [2.75, 3.05) is 23.3 Å². The van der Waals surface area contributed by atoms with Gasteiger partial charge in [-0.3, -0.25) is 9.59 Å². The summed E-state index contributed by atoms with van der Waals surface area (Å²) in [6.45, 7) is 1.86. The van der Waals surface area contributed by atoms with E-state index >= 15 is 0 Å². The van der Waals surface area contributed by atoms with Crippen LogP contribution >= 0.6 is 0 Å². The van der Waals surface area contributed by atoms with Gasteiger partial charge in [0.1, 0.15) is 0 Å². The average Bonchev–Trinajstić information content (AvgIpc) is 3.29. The van der Waals surface area contributed by atoms with Crippen molar-refractivity contribution in [1.82, 2.24) is 9.78 Å². The molecule has 0 radical (unpaired) electrons. The molecule has 0 aliphatic carbocycles. The number of anilines is 2. The summed E-state index contributed by atoms with van der Waals surface area (Å²) < 4.78 is 1.73. The number of hydrogen-bond acceptors (Lipinski definition) is 4. The number of nitrogens with one attached hydrogen (secondary N) is 1. The molecule has 1 aromatic heterocycles. The zero-order valence-corrected chi connectivity index (χ0v) is 16.0. The van der Waals surface area contributed by atoms with E-state index in [4.69, 9.17) is 5.73 Å². The van der Waals surface area contributed by atoms with E-state index in [1.54, 1.807) is 35.1 Å². The number of carbonyl (C=O) groups is 2. The second kappa shape index (κ2) is 8.18. The van der Waals surface area contributed by atoms with Crippen LogP contribution in [0.4, 0.5) is 11.4 Å². The molecule has 4 rings (SSSR count). The minimum Gasteiger partial charge on any atom is -0.370 e. The third kappa shape index (κ3) is 4.13. The number of amides is 2.